The molecule has 11 heteroatoms. The highest BCUT2D eigenvalue weighted by Gasteiger charge is 2.39. The molecule has 0 spiro atoms. The number of thiazole rings is 1. The van der Waals surface area contributed by atoms with E-state index in [1.54, 1.807) is 12.3 Å². The number of fused-ring (bicyclic) bond motifs is 3. The number of piperazine rings is 1. The molecule has 2 aliphatic heterocycles. The van der Waals surface area contributed by atoms with E-state index in [0.717, 1.165) is 36.5 Å². The van der Waals surface area contributed by atoms with Crippen molar-refractivity contribution in [3.05, 3.63) is 69.2 Å². The van der Waals surface area contributed by atoms with Crippen LogP contribution >= 0.6 is 22.9 Å². The van der Waals surface area contributed by atoms with Crippen molar-refractivity contribution in [2.24, 2.45) is 0 Å². The first kappa shape index (κ1) is 22.4. The van der Waals surface area contributed by atoms with Gasteiger partial charge >= 0.3 is 6.18 Å². The first-order chi connectivity index (χ1) is 16.8. The van der Waals surface area contributed by atoms with Gasteiger partial charge in [0, 0.05) is 41.2 Å². The molecule has 2 atom stereocenters. The molecule has 2 fully saturated rings. The Hall–Kier alpha value is -3.08. The number of nitrogens with one attached hydrogen (secondary N) is 2. The van der Waals surface area contributed by atoms with Crippen molar-refractivity contribution in [1.29, 1.82) is 0 Å². The van der Waals surface area contributed by atoms with E-state index in [9.17, 15) is 18.3 Å². The zero-order chi connectivity index (χ0) is 24.3. The molecule has 0 aliphatic carbocycles. The summed E-state index contributed by atoms with van der Waals surface area (Å²) in [5.41, 5.74) is 0.967. The van der Waals surface area contributed by atoms with E-state index in [4.69, 9.17) is 11.6 Å². The molecule has 2 aromatic carbocycles. The zero-order valence-corrected chi connectivity index (χ0v) is 19.7. The summed E-state index contributed by atoms with van der Waals surface area (Å²) >= 11 is 7.17. The number of nitrogens with zero attached hydrogens (tertiary/aromatic N) is 3. The Kier molecular flexibility index (Phi) is 5.28. The normalized spacial score (nSPS) is 20.3. The van der Waals surface area contributed by atoms with Crippen molar-refractivity contribution in [3.63, 3.8) is 0 Å². The average molecular weight is 518 g/mol. The summed E-state index contributed by atoms with van der Waals surface area (Å²) in [5, 5.41) is 22.7. The minimum atomic E-state index is -4.60. The second kappa shape index (κ2) is 8.25. The van der Waals surface area contributed by atoms with Crippen LogP contribution in [0.15, 0.2) is 42.6 Å². The van der Waals surface area contributed by atoms with Crippen molar-refractivity contribution in [3.8, 4) is 5.88 Å². The van der Waals surface area contributed by atoms with E-state index in [1.807, 2.05) is 12.1 Å². The lowest BCUT2D eigenvalue weighted by Crippen LogP contribution is -2.43. The number of benzene rings is 2. The maximum Gasteiger partial charge on any atom is 0.417 e. The molecule has 6 nitrogen and oxygen atoms in total. The van der Waals surface area contributed by atoms with Crippen LogP contribution in [-0.2, 0) is 6.18 Å². The summed E-state index contributed by atoms with van der Waals surface area (Å²) in [5.74, 6) is -0.207. The number of aromatic hydroxyl groups is 1. The fraction of sp³-hybridized carbons (Fsp3) is 0.250. The Labute approximate surface area is 207 Å². The van der Waals surface area contributed by atoms with Gasteiger partial charge in [-0.2, -0.15) is 23.3 Å². The highest BCUT2D eigenvalue weighted by molar-refractivity contribution is 7.17. The van der Waals surface area contributed by atoms with Crippen LogP contribution in [0.4, 0.5) is 18.3 Å². The number of alkyl halides is 3. The van der Waals surface area contributed by atoms with Gasteiger partial charge in [-0.1, -0.05) is 35.1 Å². The van der Waals surface area contributed by atoms with Gasteiger partial charge < -0.3 is 15.3 Å². The summed E-state index contributed by atoms with van der Waals surface area (Å²) in [6.45, 7) is 1.63. The standard InChI is InChI=1S/C24H19ClF3N5OS/c25-15-3-1-13(19(7-15)24(26,27)28)6-18(12-2-4-20-14(5-12)9-30-32-20)21-22(34)31-23(35-21)33-11-16-8-17(33)10-29-16/h1-7,9,16-17,29,34H,8,10-11H2,(H,30,32). The Morgan fingerprint density at radius 3 is 2.83 bits per heavy atom. The van der Waals surface area contributed by atoms with Crippen molar-refractivity contribution in [2.45, 2.75) is 24.7 Å². The second-order valence-corrected chi connectivity index (χ2v) is 10.2. The Bertz CT molecular complexity index is 1460. The third-order valence-corrected chi connectivity index (χ3v) is 7.87. The maximum absolute atomic E-state index is 13.9. The lowest BCUT2D eigenvalue weighted by molar-refractivity contribution is -0.137. The smallest absolute Gasteiger partial charge is 0.417 e. The van der Waals surface area contributed by atoms with Crippen LogP contribution in [0.1, 0.15) is 28.0 Å². The maximum atomic E-state index is 13.9. The van der Waals surface area contributed by atoms with Crippen LogP contribution in [0, 0.1) is 0 Å². The first-order valence-electron chi connectivity index (χ1n) is 11.0. The molecule has 6 rings (SSSR count). The summed E-state index contributed by atoms with van der Waals surface area (Å²) in [6.07, 6.45) is -0.505. The number of anilines is 1. The molecule has 3 N–H and O–H groups in total. The number of aromatic amines is 1. The molecule has 180 valence electrons. The minimum absolute atomic E-state index is 0.00328. The molecule has 4 aromatic rings. The molecule has 0 radical (unpaired) electrons. The SMILES string of the molecule is Oc1nc(N2CC3CC2CN3)sc1C(=Cc1ccc(Cl)cc1C(F)(F)F)c1ccc2[nH]ncc2c1. The molecule has 2 aromatic heterocycles. The summed E-state index contributed by atoms with van der Waals surface area (Å²) in [6, 6.07) is 9.78. The second-order valence-electron chi connectivity index (χ2n) is 8.76. The van der Waals surface area contributed by atoms with Gasteiger partial charge in [0.2, 0.25) is 5.88 Å². The van der Waals surface area contributed by atoms with Crippen molar-refractivity contribution in [1.82, 2.24) is 20.5 Å². The van der Waals surface area contributed by atoms with E-state index in [2.05, 4.69) is 25.4 Å². The minimum Gasteiger partial charge on any atom is -0.492 e. The van der Waals surface area contributed by atoms with Gasteiger partial charge in [-0.3, -0.25) is 5.10 Å². The molecular weight excluding hydrogens is 499 g/mol. The van der Waals surface area contributed by atoms with Gasteiger partial charge in [-0.05, 0) is 47.9 Å². The molecule has 4 heterocycles. The number of hydrogen-bond acceptors (Lipinski definition) is 6. The summed E-state index contributed by atoms with van der Waals surface area (Å²) < 4.78 is 41.6. The predicted molar refractivity (Wildman–Crippen MR) is 131 cm³/mol. The molecular formula is C24H19ClF3N5OS. The zero-order valence-electron chi connectivity index (χ0n) is 18.1. The van der Waals surface area contributed by atoms with Gasteiger partial charge in [-0.25, -0.2) is 0 Å². The molecule has 2 saturated heterocycles. The van der Waals surface area contributed by atoms with Crippen LogP contribution in [0.2, 0.25) is 5.02 Å². The van der Waals surface area contributed by atoms with Crippen molar-refractivity contribution >= 4 is 50.6 Å². The largest absolute Gasteiger partial charge is 0.492 e. The van der Waals surface area contributed by atoms with Crippen LogP contribution < -0.4 is 10.2 Å². The van der Waals surface area contributed by atoms with Gasteiger partial charge in [0.1, 0.15) is 4.88 Å². The van der Waals surface area contributed by atoms with Gasteiger partial charge in [-0.15, -0.1) is 0 Å². The molecule has 2 aliphatic rings. The van der Waals surface area contributed by atoms with E-state index in [0.29, 0.717) is 33.2 Å². The molecule has 2 bridgehead atoms. The lowest BCUT2D eigenvalue weighted by atomic mass is 9.98. The number of H-pyrrole nitrogens is 1. The Balaban J connectivity index is 1.52. The summed E-state index contributed by atoms with van der Waals surface area (Å²) in [7, 11) is 0. The molecule has 0 amide bonds. The number of halogens is 4. The Morgan fingerprint density at radius 2 is 2.09 bits per heavy atom. The van der Waals surface area contributed by atoms with Gasteiger partial charge in [0.05, 0.1) is 17.3 Å². The van der Waals surface area contributed by atoms with Gasteiger partial charge in [0.15, 0.2) is 5.13 Å². The van der Waals surface area contributed by atoms with E-state index in [-0.39, 0.29) is 16.5 Å². The van der Waals surface area contributed by atoms with Crippen LogP contribution in [0.5, 0.6) is 5.88 Å². The van der Waals surface area contributed by atoms with Crippen molar-refractivity contribution < 1.29 is 18.3 Å². The quantitative estimate of drug-likeness (QED) is 0.310. The van der Waals surface area contributed by atoms with Crippen LogP contribution in [0.25, 0.3) is 22.6 Å². The van der Waals surface area contributed by atoms with Gasteiger partial charge in [0.25, 0.3) is 0 Å². The highest BCUT2D eigenvalue weighted by atomic mass is 35.5. The number of rotatable bonds is 4. The van der Waals surface area contributed by atoms with Crippen LogP contribution in [0.3, 0.4) is 0 Å². The fourth-order valence-corrected chi connectivity index (χ4v) is 6.09. The molecule has 2 unspecified atom stereocenters. The fourth-order valence-electron chi connectivity index (χ4n) is 4.84. The molecule has 35 heavy (non-hydrogen) atoms. The third kappa shape index (κ3) is 4.05. The first-order valence-corrected chi connectivity index (χ1v) is 12.2. The topological polar surface area (TPSA) is 77.1 Å². The number of aromatic nitrogens is 3. The van der Waals surface area contributed by atoms with Crippen LogP contribution in [-0.4, -0.2) is 45.5 Å². The predicted octanol–water partition coefficient (Wildman–Crippen LogP) is 5.54. The highest BCUT2D eigenvalue weighted by Crippen LogP contribution is 2.44. The van der Waals surface area contributed by atoms with E-state index >= 15 is 0 Å². The lowest BCUT2D eigenvalue weighted by Gasteiger charge is -2.26. The van der Waals surface area contributed by atoms with E-state index in [1.165, 1.54) is 29.5 Å². The average Bonchev–Trinajstić information content (AvgIpc) is 3.61. The number of hydrogen-bond donors (Lipinski definition) is 3. The molecule has 0 saturated carbocycles. The monoisotopic (exact) mass is 517 g/mol. The van der Waals surface area contributed by atoms with Crippen molar-refractivity contribution in [2.75, 3.05) is 18.0 Å². The third-order valence-electron chi connectivity index (χ3n) is 6.52. The summed E-state index contributed by atoms with van der Waals surface area (Å²) in [4.78, 5) is 6.97. The Morgan fingerprint density at radius 1 is 1.23 bits per heavy atom. The van der Waals surface area contributed by atoms with E-state index < -0.39 is 11.7 Å².